The van der Waals surface area contributed by atoms with E-state index in [1.54, 1.807) is 0 Å². The predicted octanol–water partition coefficient (Wildman–Crippen LogP) is 2.82. The van der Waals surface area contributed by atoms with Crippen molar-refractivity contribution in [1.82, 2.24) is 0 Å². The Balaban J connectivity index is 2.72. The van der Waals surface area contributed by atoms with Crippen molar-refractivity contribution in [3.8, 4) is 0 Å². The minimum absolute atomic E-state index is 0.134. The molecule has 11 heavy (non-hydrogen) atoms. The van der Waals surface area contributed by atoms with Crippen molar-refractivity contribution in [2.24, 2.45) is 10.9 Å². The molecule has 1 heteroatoms. The fourth-order valence-electron chi connectivity index (χ4n) is 1.61. The summed E-state index contributed by atoms with van der Waals surface area (Å²) in [6.07, 6.45) is 8.62. The normalized spacial score (nSPS) is 28.7. The van der Waals surface area contributed by atoms with Crippen molar-refractivity contribution in [2.75, 3.05) is 0 Å². The largest absolute Gasteiger partial charge is 0.282 e. The van der Waals surface area contributed by atoms with Crippen LogP contribution in [-0.2, 0) is 0 Å². The van der Waals surface area contributed by atoms with Crippen LogP contribution in [0, 0.1) is 5.92 Å². The predicted molar refractivity (Wildman–Crippen MR) is 50.1 cm³/mol. The maximum absolute atomic E-state index is 4.52. The monoisotopic (exact) mass is 151 g/mol. The van der Waals surface area contributed by atoms with Crippen LogP contribution in [0.25, 0.3) is 0 Å². The van der Waals surface area contributed by atoms with E-state index in [9.17, 15) is 0 Å². The van der Waals surface area contributed by atoms with E-state index in [4.69, 9.17) is 0 Å². The molecule has 1 atom stereocenters. The van der Waals surface area contributed by atoms with Crippen LogP contribution in [0.3, 0.4) is 0 Å². The highest BCUT2D eigenvalue weighted by Gasteiger charge is 2.30. The lowest BCUT2D eigenvalue weighted by molar-refractivity contribution is 0.365. The molecular formula is C10H17N. The summed E-state index contributed by atoms with van der Waals surface area (Å²) < 4.78 is 0. The first-order chi connectivity index (χ1) is 5.21. The summed E-state index contributed by atoms with van der Waals surface area (Å²) in [4.78, 5) is 4.52. The quantitative estimate of drug-likeness (QED) is 0.588. The highest BCUT2D eigenvalue weighted by atomic mass is 14.9. The summed E-state index contributed by atoms with van der Waals surface area (Å²) in [6, 6.07) is 0. The van der Waals surface area contributed by atoms with Crippen molar-refractivity contribution in [2.45, 2.75) is 39.2 Å². The first kappa shape index (κ1) is 8.51. The summed E-state index contributed by atoms with van der Waals surface area (Å²) in [6.45, 7) is 6.69. The summed E-state index contributed by atoms with van der Waals surface area (Å²) in [5.41, 5.74) is 0.134. The standard InChI is InChI=1S/C10H17N/c1-4-6-10(9(2)3)7-5-8-11-10/h5,7-9H,4,6H2,1-3H3. The van der Waals surface area contributed by atoms with E-state index in [1.165, 1.54) is 12.8 Å². The summed E-state index contributed by atoms with van der Waals surface area (Å²) in [5.74, 6) is 0.623. The molecule has 1 aliphatic rings. The minimum atomic E-state index is 0.134. The van der Waals surface area contributed by atoms with Crippen LogP contribution in [0.4, 0.5) is 0 Å². The summed E-state index contributed by atoms with van der Waals surface area (Å²) >= 11 is 0. The fourth-order valence-corrected chi connectivity index (χ4v) is 1.61. The molecule has 1 rings (SSSR count). The average molecular weight is 151 g/mol. The van der Waals surface area contributed by atoms with Gasteiger partial charge in [-0.1, -0.05) is 33.3 Å². The smallest absolute Gasteiger partial charge is 0.0813 e. The number of rotatable bonds is 3. The molecule has 0 aliphatic carbocycles. The van der Waals surface area contributed by atoms with Crippen molar-refractivity contribution in [1.29, 1.82) is 0 Å². The van der Waals surface area contributed by atoms with Crippen molar-refractivity contribution >= 4 is 6.21 Å². The molecule has 0 aromatic rings. The maximum atomic E-state index is 4.52. The number of nitrogens with zero attached hydrogens (tertiary/aromatic N) is 1. The Morgan fingerprint density at radius 1 is 1.45 bits per heavy atom. The van der Waals surface area contributed by atoms with Crippen LogP contribution in [0.2, 0.25) is 0 Å². The Hall–Kier alpha value is -0.590. The van der Waals surface area contributed by atoms with Gasteiger partial charge in [0, 0.05) is 6.21 Å². The third-order valence-electron chi connectivity index (χ3n) is 2.44. The van der Waals surface area contributed by atoms with Crippen LogP contribution >= 0.6 is 0 Å². The Morgan fingerprint density at radius 2 is 2.18 bits per heavy atom. The average Bonchev–Trinajstić information content (AvgIpc) is 2.38. The number of allylic oxidation sites excluding steroid dienone is 1. The lowest BCUT2D eigenvalue weighted by Crippen LogP contribution is -2.28. The Labute approximate surface area is 69.2 Å². The molecule has 62 valence electrons. The van der Waals surface area contributed by atoms with Gasteiger partial charge in [-0.05, 0) is 18.4 Å². The fraction of sp³-hybridized carbons (Fsp3) is 0.700. The molecule has 0 saturated heterocycles. The lowest BCUT2D eigenvalue weighted by atomic mass is 9.84. The van der Waals surface area contributed by atoms with E-state index in [1.807, 2.05) is 6.21 Å². The van der Waals surface area contributed by atoms with E-state index < -0.39 is 0 Å². The molecule has 1 aliphatic heterocycles. The van der Waals surface area contributed by atoms with E-state index in [0.29, 0.717) is 5.92 Å². The molecule has 0 amide bonds. The second kappa shape index (κ2) is 3.21. The van der Waals surface area contributed by atoms with Crippen LogP contribution in [-0.4, -0.2) is 11.8 Å². The van der Waals surface area contributed by atoms with Gasteiger partial charge in [-0.3, -0.25) is 4.99 Å². The molecule has 0 N–H and O–H groups in total. The van der Waals surface area contributed by atoms with Gasteiger partial charge in [0.1, 0.15) is 0 Å². The third-order valence-corrected chi connectivity index (χ3v) is 2.44. The number of aliphatic imine (C=N–C) groups is 1. The van der Waals surface area contributed by atoms with Crippen LogP contribution in [0.5, 0.6) is 0 Å². The maximum Gasteiger partial charge on any atom is 0.0813 e. The Morgan fingerprint density at radius 3 is 2.55 bits per heavy atom. The van der Waals surface area contributed by atoms with Gasteiger partial charge in [0.05, 0.1) is 5.54 Å². The molecule has 0 aromatic carbocycles. The third kappa shape index (κ3) is 1.52. The van der Waals surface area contributed by atoms with Crippen molar-refractivity contribution in [3.63, 3.8) is 0 Å². The SMILES string of the molecule is CCCC1(C(C)C)C=CC=N1. The van der Waals surface area contributed by atoms with E-state index >= 15 is 0 Å². The van der Waals surface area contributed by atoms with Gasteiger partial charge in [-0.15, -0.1) is 0 Å². The molecule has 1 heterocycles. The van der Waals surface area contributed by atoms with Crippen LogP contribution < -0.4 is 0 Å². The van der Waals surface area contributed by atoms with E-state index in [0.717, 1.165) is 0 Å². The topological polar surface area (TPSA) is 12.4 Å². The van der Waals surface area contributed by atoms with Gasteiger partial charge in [0.2, 0.25) is 0 Å². The minimum Gasteiger partial charge on any atom is -0.282 e. The zero-order valence-electron chi connectivity index (χ0n) is 7.67. The van der Waals surface area contributed by atoms with Gasteiger partial charge in [0.15, 0.2) is 0 Å². The molecule has 0 spiro atoms. The van der Waals surface area contributed by atoms with Crippen LogP contribution in [0.15, 0.2) is 17.1 Å². The highest BCUT2D eigenvalue weighted by Crippen LogP contribution is 2.31. The van der Waals surface area contributed by atoms with Gasteiger partial charge in [-0.25, -0.2) is 0 Å². The first-order valence-corrected chi connectivity index (χ1v) is 4.44. The van der Waals surface area contributed by atoms with Gasteiger partial charge < -0.3 is 0 Å². The van der Waals surface area contributed by atoms with Crippen molar-refractivity contribution < 1.29 is 0 Å². The molecule has 0 bridgehead atoms. The Bertz CT molecular complexity index is 165. The molecule has 0 saturated carbocycles. The molecule has 1 unspecified atom stereocenters. The van der Waals surface area contributed by atoms with Gasteiger partial charge in [-0.2, -0.15) is 0 Å². The number of hydrogen-bond donors (Lipinski definition) is 0. The summed E-state index contributed by atoms with van der Waals surface area (Å²) in [5, 5.41) is 0. The van der Waals surface area contributed by atoms with Crippen LogP contribution in [0.1, 0.15) is 33.6 Å². The zero-order chi connectivity index (χ0) is 8.32. The lowest BCUT2D eigenvalue weighted by Gasteiger charge is -2.27. The molecular weight excluding hydrogens is 134 g/mol. The highest BCUT2D eigenvalue weighted by molar-refractivity contribution is 5.75. The molecule has 0 fully saturated rings. The first-order valence-electron chi connectivity index (χ1n) is 4.44. The van der Waals surface area contributed by atoms with Gasteiger partial charge >= 0.3 is 0 Å². The van der Waals surface area contributed by atoms with E-state index in [-0.39, 0.29) is 5.54 Å². The second-order valence-electron chi connectivity index (χ2n) is 3.53. The van der Waals surface area contributed by atoms with Crippen molar-refractivity contribution in [3.05, 3.63) is 12.2 Å². The zero-order valence-corrected chi connectivity index (χ0v) is 7.67. The molecule has 1 nitrogen and oxygen atoms in total. The summed E-state index contributed by atoms with van der Waals surface area (Å²) in [7, 11) is 0. The Kier molecular flexibility index (Phi) is 2.48. The molecule has 0 aromatic heterocycles. The number of hydrogen-bond acceptors (Lipinski definition) is 1. The molecule has 0 radical (unpaired) electrons. The van der Waals surface area contributed by atoms with Gasteiger partial charge in [0.25, 0.3) is 0 Å². The van der Waals surface area contributed by atoms with E-state index in [2.05, 4.69) is 37.9 Å². The second-order valence-corrected chi connectivity index (χ2v) is 3.53.